The number of hydrogen-bond acceptors (Lipinski definition) is 4. The van der Waals surface area contributed by atoms with Crippen LogP contribution in [0.5, 0.6) is 0 Å². The number of hydrogen-bond donors (Lipinski definition) is 1. The van der Waals surface area contributed by atoms with E-state index in [0.29, 0.717) is 6.04 Å². The van der Waals surface area contributed by atoms with Crippen molar-refractivity contribution in [3.63, 3.8) is 0 Å². The fraction of sp³-hybridized carbons (Fsp3) is 0.364. The molecule has 0 aliphatic rings. The first kappa shape index (κ1) is 10.8. The Morgan fingerprint density at radius 2 is 2.33 bits per heavy atom. The monoisotopic (exact) mass is 238 g/mol. The van der Waals surface area contributed by atoms with Crippen molar-refractivity contribution in [3.05, 3.63) is 38.5 Å². The van der Waals surface area contributed by atoms with Crippen molar-refractivity contribution in [1.82, 2.24) is 10.3 Å². The molecule has 1 N–H and O–H groups in total. The summed E-state index contributed by atoms with van der Waals surface area (Å²) in [5.74, 6) is 0. The standard InChI is InChI=1S/C11H14N2S2/c1-8(12-2)10-7-15-11(13-10)6-9-4-3-5-14-9/h3-5,7-8,12H,6H2,1-2H3. The lowest BCUT2D eigenvalue weighted by atomic mass is 10.3. The molecule has 15 heavy (non-hydrogen) atoms. The number of nitrogens with zero attached hydrogens (tertiary/aromatic N) is 1. The predicted molar refractivity (Wildman–Crippen MR) is 66.7 cm³/mol. The zero-order valence-corrected chi connectivity index (χ0v) is 10.5. The van der Waals surface area contributed by atoms with Crippen LogP contribution in [0, 0.1) is 0 Å². The molecule has 2 aromatic rings. The van der Waals surface area contributed by atoms with Gasteiger partial charge in [-0.25, -0.2) is 4.98 Å². The van der Waals surface area contributed by atoms with Gasteiger partial charge in [0, 0.05) is 22.7 Å². The van der Waals surface area contributed by atoms with Gasteiger partial charge in [-0.3, -0.25) is 0 Å². The molecule has 2 aromatic heterocycles. The second-order valence-electron chi connectivity index (χ2n) is 3.43. The number of nitrogens with one attached hydrogen (secondary N) is 1. The smallest absolute Gasteiger partial charge is 0.0981 e. The van der Waals surface area contributed by atoms with Gasteiger partial charge in [-0.05, 0) is 25.4 Å². The van der Waals surface area contributed by atoms with Crippen molar-refractivity contribution in [2.45, 2.75) is 19.4 Å². The Hall–Kier alpha value is -0.710. The number of rotatable bonds is 4. The lowest BCUT2D eigenvalue weighted by Crippen LogP contribution is -2.12. The summed E-state index contributed by atoms with van der Waals surface area (Å²) < 4.78 is 0. The minimum atomic E-state index is 0.346. The lowest BCUT2D eigenvalue weighted by molar-refractivity contribution is 0.635. The van der Waals surface area contributed by atoms with Crippen LogP contribution in [0.4, 0.5) is 0 Å². The third kappa shape index (κ3) is 2.65. The van der Waals surface area contributed by atoms with E-state index < -0.39 is 0 Å². The molecule has 2 rings (SSSR count). The van der Waals surface area contributed by atoms with Gasteiger partial charge in [0.05, 0.1) is 10.7 Å². The van der Waals surface area contributed by atoms with E-state index in [2.05, 4.69) is 40.1 Å². The van der Waals surface area contributed by atoms with Gasteiger partial charge >= 0.3 is 0 Å². The first-order chi connectivity index (χ1) is 7.29. The zero-order chi connectivity index (χ0) is 10.7. The van der Waals surface area contributed by atoms with Crippen molar-refractivity contribution >= 4 is 22.7 Å². The molecule has 0 saturated heterocycles. The normalized spacial score (nSPS) is 12.9. The highest BCUT2D eigenvalue weighted by atomic mass is 32.1. The van der Waals surface area contributed by atoms with E-state index in [0.717, 1.165) is 12.1 Å². The van der Waals surface area contributed by atoms with Crippen LogP contribution in [0.2, 0.25) is 0 Å². The van der Waals surface area contributed by atoms with E-state index >= 15 is 0 Å². The fourth-order valence-electron chi connectivity index (χ4n) is 1.32. The molecular weight excluding hydrogens is 224 g/mol. The van der Waals surface area contributed by atoms with E-state index in [-0.39, 0.29) is 0 Å². The van der Waals surface area contributed by atoms with E-state index in [1.807, 2.05) is 7.05 Å². The Balaban J connectivity index is 2.07. The first-order valence-electron chi connectivity index (χ1n) is 4.93. The van der Waals surface area contributed by atoms with Crippen LogP contribution in [0.25, 0.3) is 0 Å². The lowest BCUT2D eigenvalue weighted by Gasteiger charge is -2.04. The summed E-state index contributed by atoms with van der Waals surface area (Å²) in [4.78, 5) is 6.00. The van der Waals surface area contributed by atoms with Crippen LogP contribution < -0.4 is 5.32 Å². The van der Waals surface area contributed by atoms with Crippen LogP contribution in [0.1, 0.15) is 28.5 Å². The summed E-state index contributed by atoms with van der Waals surface area (Å²) in [6, 6.07) is 4.59. The summed E-state index contributed by atoms with van der Waals surface area (Å²) in [5.41, 5.74) is 1.15. The van der Waals surface area contributed by atoms with Crippen molar-refractivity contribution < 1.29 is 0 Å². The Bertz CT molecular complexity index is 406. The summed E-state index contributed by atoms with van der Waals surface area (Å²) >= 11 is 3.54. The molecule has 2 heterocycles. The quantitative estimate of drug-likeness (QED) is 0.885. The van der Waals surface area contributed by atoms with Gasteiger partial charge < -0.3 is 5.32 Å². The molecule has 1 atom stereocenters. The van der Waals surface area contributed by atoms with Crippen molar-refractivity contribution in [3.8, 4) is 0 Å². The van der Waals surface area contributed by atoms with Crippen LogP contribution in [0.15, 0.2) is 22.9 Å². The van der Waals surface area contributed by atoms with Crippen molar-refractivity contribution in [2.75, 3.05) is 7.05 Å². The van der Waals surface area contributed by atoms with Crippen LogP contribution in [-0.4, -0.2) is 12.0 Å². The second-order valence-corrected chi connectivity index (χ2v) is 5.41. The summed E-state index contributed by atoms with van der Waals surface area (Å²) in [6.45, 7) is 2.13. The second kappa shape index (κ2) is 4.88. The average Bonchev–Trinajstić information content (AvgIpc) is 2.88. The largest absolute Gasteiger partial charge is 0.312 e. The molecule has 0 amide bonds. The molecule has 0 aliphatic carbocycles. The maximum Gasteiger partial charge on any atom is 0.0981 e. The molecular formula is C11H14N2S2. The molecule has 0 saturated carbocycles. The van der Waals surface area contributed by atoms with Crippen molar-refractivity contribution in [1.29, 1.82) is 0 Å². The van der Waals surface area contributed by atoms with Gasteiger partial charge in [0.15, 0.2) is 0 Å². The molecule has 0 radical (unpaired) electrons. The molecule has 4 heteroatoms. The Labute approximate surface area is 98.0 Å². The Morgan fingerprint density at radius 3 is 3.00 bits per heavy atom. The topological polar surface area (TPSA) is 24.9 Å². The van der Waals surface area contributed by atoms with Gasteiger partial charge in [-0.15, -0.1) is 22.7 Å². The maximum absolute atomic E-state index is 4.62. The average molecular weight is 238 g/mol. The maximum atomic E-state index is 4.62. The molecule has 2 nitrogen and oxygen atoms in total. The highest BCUT2D eigenvalue weighted by Gasteiger charge is 2.08. The van der Waals surface area contributed by atoms with E-state index in [4.69, 9.17) is 0 Å². The van der Waals surface area contributed by atoms with Crippen molar-refractivity contribution in [2.24, 2.45) is 0 Å². The molecule has 0 aliphatic heterocycles. The summed E-state index contributed by atoms with van der Waals surface area (Å²) in [7, 11) is 1.96. The predicted octanol–water partition coefficient (Wildman–Crippen LogP) is 3.08. The number of thiophene rings is 1. The van der Waals surface area contributed by atoms with Crippen LogP contribution in [-0.2, 0) is 6.42 Å². The molecule has 0 aromatic carbocycles. The summed E-state index contributed by atoms with van der Waals surface area (Å²) in [5, 5.41) is 8.66. The number of aromatic nitrogens is 1. The molecule has 0 fully saturated rings. The molecule has 0 bridgehead atoms. The molecule has 1 unspecified atom stereocenters. The van der Waals surface area contributed by atoms with Gasteiger partial charge in [0.1, 0.15) is 0 Å². The highest BCUT2D eigenvalue weighted by molar-refractivity contribution is 7.11. The first-order valence-corrected chi connectivity index (χ1v) is 6.69. The van der Waals surface area contributed by atoms with Crippen LogP contribution >= 0.6 is 22.7 Å². The fourth-order valence-corrected chi connectivity index (χ4v) is 3.03. The van der Waals surface area contributed by atoms with E-state index in [1.165, 1.54) is 9.88 Å². The number of thiazole rings is 1. The van der Waals surface area contributed by atoms with Gasteiger partial charge in [0.25, 0.3) is 0 Å². The van der Waals surface area contributed by atoms with E-state index in [9.17, 15) is 0 Å². The SMILES string of the molecule is CNC(C)c1csc(Cc2cccs2)n1. The zero-order valence-electron chi connectivity index (χ0n) is 8.86. The molecule has 0 spiro atoms. The third-order valence-corrected chi connectivity index (χ3v) is 4.10. The summed E-state index contributed by atoms with van der Waals surface area (Å²) in [6.07, 6.45) is 0.971. The van der Waals surface area contributed by atoms with E-state index in [1.54, 1.807) is 22.7 Å². The molecule has 80 valence electrons. The highest BCUT2D eigenvalue weighted by Crippen LogP contribution is 2.20. The van der Waals surface area contributed by atoms with Gasteiger partial charge in [-0.1, -0.05) is 6.07 Å². The Morgan fingerprint density at radius 1 is 1.47 bits per heavy atom. The minimum Gasteiger partial charge on any atom is -0.312 e. The third-order valence-electron chi connectivity index (χ3n) is 2.35. The Kier molecular flexibility index (Phi) is 3.51. The van der Waals surface area contributed by atoms with Crippen LogP contribution in [0.3, 0.4) is 0 Å². The minimum absolute atomic E-state index is 0.346. The van der Waals surface area contributed by atoms with Gasteiger partial charge in [0.2, 0.25) is 0 Å². The van der Waals surface area contributed by atoms with Gasteiger partial charge in [-0.2, -0.15) is 0 Å².